The van der Waals surface area contributed by atoms with Crippen LogP contribution in [0.1, 0.15) is 33.8 Å². The van der Waals surface area contributed by atoms with Gasteiger partial charge in [-0.25, -0.2) is 8.42 Å². The molecule has 0 unspecified atom stereocenters. The number of fused-ring (bicyclic) bond motifs is 3. The van der Waals surface area contributed by atoms with Crippen LogP contribution in [0.15, 0.2) is 41.3 Å². The Hall–Kier alpha value is -1.97. The summed E-state index contributed by atoms with van der Waals surface area (Å²) in [5.74, 6) is 0.0544. The molecule has 3 aliphatic rings. The Bertz CT molecular complexity index is 1200. The molecule has 176 valence electrons. The number of piperidine rings is 1. The van der Waals surface area contributed by atoms with Crippen molar-refractivity contribution < 1.29 is 17.9 Å². The monoisotopic (exact) mass is 489 g/mol. The van der Waals surface area contributed by atoms with Crippen molar-refractivity contribution in [2.75, 3.05) is 51.3 Å². The number of hydrogen-bond acceptors (Lipinski definition) is 5. The molecular weight excluding hydrogens is 462 g/mol. The third-order valence-electron chi connectivity index (χ3n) is 6.94. The second-order valence-electron chi connectivity index (χ2n) is 9.12. The van der Waals surface area contributed by atoms with E-state index < -0.39 is 10.0 Å². The van der Waals surface area contributed by atoms with Crippen molar-refractivity contribution in [1.82, 2.24) is 9.21 Å². The molecule has 33 heavy (non-hydrogen) atoms. The van der Waals surface area contributed by atoms with Gasteiger partial charge in [0.2, 0.25) is 10.0 Å². The summed E-state index contributed by atoms with van der Waals surface area (Å²) in [7, 11) is -1.72. The Morgan fingerprint density at radius 1 is 1.09 bits per heavy atom. The van der Waals surface area contributed by atoms with Crippen LogP contribution < -0.4 is 4.90 Å². The highest BCUT2D eigenvalue weighted by molar-refractivity contribution is 7.89. The molecule has 2 atom stereocenters. The minimum Gasteiger partial charge on any atom is -0.379 e. The van der Waals surface area contributed by atoms with Gasteiger partial charge in [0.25, 0.3) is 5.91 Å². The lowest BCUT2D eigenvalue weighted by Crippen LogP contribution is -2.47. The highest BCUT2D eigenvalue weighted by Crippen LogP contribution is 2.45. The molecule has 0 radical (unpaired) electrons. The zero-order valence-corrected chi connectivity index (χ0v) is 20.4. The fourth-order valence-corrected chi connectivity index (χ4v) is 7.15. The summed E-state index contributed by atoms with van der Waals surface area (Å²) < 4.78 is 33.2. The van der Waals surface area contributed by atoms with Crippen LogP contribution in [-0.4, -0.2) is 76.0 Å². The smallest absolute Gasteiger partial charge is 0.258 e. The number of carbonyl (C=O) groups is 1. The van der Waals surface area contributed by atoms with E-state index in [0.717, 1.165) is 25.2 Å². The number of carbonyl (C=O) groups excluding carboxylic acids is 1. The van der Waals surface area contributed by atoms with Gasteiger partial charge >= 0.3 is 0 Å². The topological polar surface area (TPSA) is 70.2 Å². The van der Waals surface area contributed by atoms with E-state index in [1.807, 2.05) is 17.0 Å². The molecule has 0 bridgehead atoms. The van der Waals surface area contributed by atoms with Gasteiger partial charge in [-0.05, 0) is 56.8 Å². The number of likely N-dealkylation sites (tertiary alicyclic amines) is 1. The second-order valence-corrected chi connectivity index (χ2v) is 11.4. The Morgan fingerprint density at radius 3 is 2.61 bits per heavy atom. The number of aryl methyl sites for hydroxylation is 1. The van der Waals surface area contributed by atoms with E-state index in [1.54, 1.807) is 6.07 Å². The van der Waals surface area contributed by atoms with Gasteiger partial charge in [0, 0.05) is 42.8 Å². The van der Waals surface area contributed by atoms with Crippen LogP contribution in [0.25, 0.3) is 0 Å². The van der Waals surface area contributed by atoms with Gasteiger partial charge in [-0.3, -0.25) is 4.79 Å². The van der Waals surface area contributed by atoms with Crippen LogP contribution in [-0.2, 0) is 14.8 Å². The number of benzene rings is 2. The molecule has 3 heterocycles. The van der Waals surface area contributed by atoms with Crippen molar-refractivity contribution in [2.24, 2.45) is 0 Å². The van der Waals surface area contributed by atoms with E-state index in [-0.39, 0.29) is 40.9 Å². The van der Waals surface area contributed by atoms with Crippen LogP contribution in [0.3, 0.4) is 0 Å². The zero-order chi connectivity index (χ0) is 23.3. The van der Waals surface area contributed by atoms with Gasteiger partial charge < -0.3 is 14.5 Å². The number of halogens is 1. The van der Waals surface area contributed by atoms with Crippen LogP contribution in [0, 0.1) is 6.92 Å². The number of sulfonamides is 1. The predicted molar refractivity (Wildman–Crippen MR) is 128 cm³/mol. The first-order valence-electron chi connectivity index (χ1n) is 11.3. The zero-order valence-electron chi connectivity index (χ0n) is 18.8. The first-order valence-corrected chi connectivity index (χ1v) is 13.1. The van der Waals surface area contributed by atoms with Gasteiger partial charge in [-0.15, -0.1) is 0 Å². The second kappa shape index (κ2) is 8.67. The fourth-order valence-electron chi connectivity index (χ4n) is 5.25. The molecule has 2 fully saturated rings. The lowest BCUT2D eigenvalue weighted by Gasteiger charge is -2.36. The standard InChI is InChI=1S/C24H28ClN3O4S/c1-16-3-6-21-18(13-16)19-15-26(2)8-7-22(19)28(21)24(29)17-4-5-20(25)23(14-17)33(30,31)27-9-11-32-12-10-27/h3-6,13-14,19,22H,7-12,15H2,1-2H3/t19-,22+/m0/s1. The van der Waals surface area contributed by atoms with Crippen molar-refractivity contribution in [3.8, 4) is 0 Å². The van der Waals surface area contributed by atoms with Gasteiger partial charge in [-0.2, -0.15) is 4.31 Å². The average molecular weight is 490 g/mol. The van der Waals surface area contributed by atoms with Gasteiger partial charge in [0.1, 0.15) is 4.90 Å². The molecule has 1 amide bonds. The molecule has 7 nitrogen and oxygen atoms in total. The van der Waals surface area contributed by atoms with Crippen LogP contribution in [0.5, 0.6) is 0 Å². The molecule has 2 saturated heterocycles. The third kappa shape index (κ3) is 3.98. The molecule has 9 heteroatoms. The van der Waals surface area contributed by atoms with Gasteiger partial charge in [-0.1, -0.05) is 29.3 Å². The maximum Gasteiger partial charge on any atom is 0.258 e. The lowest BCUT2D eigenvalue weighted by atomic mass is 9.88. The average Bonchev–Trinajstić information content (AvgIpc) is 3.12. The Balaban J connectivity index is 1.53. The van der Waals surface area contributed by atoms with E-state index in [9.17, 15) is 13.2 Å². The molecule has 5 rings (SSSR count). The largest absolute Gasteiger partial charge is 0.379 e. The molecule has 3 aliphatic heterocycles. The molecule has 0 spiro atoms. The number of hydrogen-bond donors (Lipinski definition) is 0. The minimum atomic E-state index is -3.83. The SMILES string of the molecule is Cc1ccc2c(c1)[C@@H]1CN(C)CC[C@H]1N2C(=O)c1ccc(Cl)c(S(=O)(=O)N2CCOCC2)c1. The lowest BCUT2D eigenvalue weighted by molar-refractivity contribution is 0.0730. The summed E-state index contributed by atoms with van der Waals surface area (Å²) in [6.07, 6.45) is 0.868. The maximum atomic E-state index is 13.8. The Labute approximate surface area is 199 Å². The highest BCUT2D eigenvalue weighted by Gasteiger charge is 2.44. The number of morpholine rings is 1. The molecule has 0 aliphatic carbocycles. The number of anilines is 1. The number of ether oxygens (including phenoxy) is 1. The summed E-state index contributed by atoms with van der Waals surface area (Å²) >= 11 is 6.32. The number of nitrogens with zero attached hydrogens (tertiary/aromatic N) is 3. The maximum absolute atomic E-state index is 13.8. The number of rotatable bonds is 3. The molecule has 0 aromatic heterocycles. The van der Waals surface area contributed by atoms with Crippen molar-refractivity contribution >= 4 is 33.2 Å². The van der Waals surface area contributed by atoms with E-state index >= 15 is 0 Å². The van der Waals surface area contributed by atoms with E-state index in [4.69, 9.17) is 16.3 Å². The van der Waals surface area contributed by atoms with E-state index in [2.05, 4.69) is 24.9 Å². The molecule has 0 N–H and O–H groups in total. The highest BCUT2D eigenvalue weighted by atomic mass is 35.5. The summed E-state index contributed by atoms with van der Waals surface area (Å²) in [6.45, 7) is 5.10. The summed E-state index contributed by atoms with van der Waals surface area (Å²) in [5, 5.41) is 0.118. The third-order valence-corrected chi connectivity index (χ3v) is 9.32. The van der Waals surface area contributed by atoms with E-state index in [0.29, 0.717) is 18.8 Å². The molecule has 2 aromatic rings. The van der Waals surface area contributed by atoms with Crippen LogP contribution in [0.4, 0.5) is 5.69 Å². The first kappa shape index (κ1) is 22.8. The van der Waals surface area contributed by atoms with Crippen LogP contribution in [0.2, 0.25) is 5.02 Å². The summed E-state index contributed by atoms with van der Waals surface area (Å²) in [4.78, 5) is 18.0. The fraction of sp³-hybridized carbons (Fsp3) is 0.458. The van der Waals surface area contributed by atoms with Gasteiger partial charge in [0.15, 0.2) is 0 Å². The number of amides is 1. The van der Waals surface area contributed by atoms with Gasteiger partial charge in [0.05, 0.1) is 18.2 Å². The first-order chi connectivity index (χ1) is 15.8. The van der Waals surface area contributed by atoms with Crippen LogP contribution >= 0.6 is 11.6 Å². The molecule has 2 aromatic carbocycles. The predicted octanol–water partition coefficient (Wildman–Crippen LogP) is 3.12. The van der Waals surface area contributed by atoms with Crippen molar-refractivity contribution in [3.05, 3.63) is 58.1 Å². The molecule has 0 saturated carbocycles. The summed E-state index contributed by atoms with van der Waals surface area (Å²) in [6, 6.07) is 10.8. The molecular formula is C24H28ClN3O4S. The Kier molecular flexibility index (Phi) is 5.99. The normalized spacial score (nSPS) is 23.9. The quantitative estimate of drug-likeness (QED) is 0.662. The van der Waals surface area contributed by atoms with Crippen molar-refractivity contribution in [1.29, 1.82) is 0 Å². The number of likely N-dealkylation sites (N-methyl/N-ethyl adjacent to an activating group) is 1. The minimum absolute atomic E-state index is 0.0276. The summed E-state index contributed by atoms with van der Waals surface area (Å²) in [5.41, 5.74) is 3.61. The van der Waals surface area contributed by atoms with E-state index in [1.165, 1.54) is 27.6 Å². The van der Waals surface area contributed by atoms with Crippen molar-refractivity contribution in [2.45, 2.75) is 30.2 Å². The van der Waals surface area contributed by atoms with Crippen molar-refractivity contribution in [3.63, 3.8) is 0 Å². The Morgan fingerprint density at radius 2 is 1.85 bits per heavy atom.